The van der Waals surface area contributed by atoms with E-state index in [2.05, 4.69) is 6.07 Å². The highest BCUT2D eigenvalue weighted by molar-refractivity contribution is 7.97. The van der Waals surface area contributed by atoms with E-state index in [1.165, 1.54) is 5.56 Å². The minimum Gasteiger partial charge on any atom is -0.192 e. The lowest BCUT2D eigenvalue weighted by Gasteiger charge is -2.05. The Bertz CT molecular complexity index is 603. The zero-order chi connectivity index (χ0) is 13.7. The van der Waals surface area contributed by atoms with Crippen LogP contribution >= 0.6 is 35.0 Å². The van der Waals surface area contributed by atoms with Crippen molar-refractivity contribution in [3.63, 3.8) is 0 Å². The first-order valence-electron chi connectivity index (χ1n) is 5.70. The van der Waals surface area contributed by atoms with Crippen LogP contribution in [-0.2, 0) is 11.5 Å². The molecular formula is C15H11Cl2NS. The average Bonchev–Trinajstić information content (AvgIpc) is 2.42. The molecule has 0 fully saturated rings. The van der Waals surface area contributed by atoms with Gasteiger partial charge in [-0.25, -0.2) is 0 Å². The minimum atomic E-state index is 0.658. The molecule has 0 bridgehead atoms. The second-order valence-corrected chi connectivity index (χ2v) is 5.87. The van der Waals surface area contributed by atoms with E-state index >= 15 is 0 Å². The largest absolute Gasteiger partial charge is 0.192 e. The number of nitrogens with zero attached hydrogens (tertiary/aromatic N) is 1. The topological polar surface area (TPSA) is 23.8 Å². The van der Waals surface area contributed by atoms with Gasteiger partial charge in [-0.2, -0.15) is 17.0 Å². The van der Waals surface area contributed by atoms with Crippen LogP contribution in [0.25, 0.3) is 0 Å². The number of thioether (sulfide) groups is 1. The van der Waals surface area contributed by atoms with E-state index in [0.29, 0.717) is 15.6 Å². The molecule has 0 atom stereocenters. The Morgan fingerprint density at radius 3 is 2.37 bits per heavy atom. The number of halogens is 2. The van der Waals surface area contributed by atoms with E-state index in [0.717, 1.165) is 17.1 Å². The van der Waals surface area contributed by atoms with Gasteiger partial charge in [0.05, 0.1) is 11.6 Å². The van der Waals surface area contributed by atoms with Gasteiger partial charge in [0.25, 0.3) is 0 Å². The number of hydrogen-bond donors (Lipinski definition) is 0. The zero-order valence-corrected chi connectivity index (χ0v) is 12.4. The summed E-state index contributed by atoms with van der Waals surface area (Å²) in [5.74, 6) is 1.74. The van der Waals surface area contributed by atoms with E-state index in [4.69, 9.17) is 28.5 Å². The van der Waals surface area contributed by atoms with Crippen LogP contribution in [0.4, 0.5) is 0 Å². The summed E-state index contributed by atoms with van der Waals surface area (Å²) < 4.78 is 0. The summed E-state index contributed by atoms with van der Waals surface area (Å²) in [4.78, 5) is 0. The van der Waals surface area contributed by atoms with E-state index in [-0.39, 0.29) is 0 Å². The monoisotopic (exact) mass is 307 g/mol. The Balaban J connectivity index is 1.91. The standard InChI is InChI=1S/C15H11Cl2NS/c16-14-6-5-13(15(17)7-14)10-19-9-12-3-1-11(8-18)2-4-12/h1-7H,9-10H2. The van der Waals surface area contributed by atoms with Crippen LogP contribution in [0.1, 0.15) is 16.7 Å². The van der Waals surface area contributed by atoms with Gasteiger partial charge in [0.2, 0.25) is 0 Å². The maximum absolute atomic E-state index is 8.73. The maximum atomic E-state index is 8.73. The fourth-order valence-electron chi connectivity index (χ4n) is 1.59. The van der Waals surface area contributed by atoms with Crippen molar-refractivity contribution in [1.82, 2.24) is 0 Å². The second kappa shape index (κ2) is 6.86. The molecule has 0 heterocycles. The lowest BCUT2D eigenvalue weighted by atomic mass is 10.2. The van der Waals surface area contributed by atoms with E-state index in [1.54, 1.807) is 17.8 Å². The molecule has 0 aliphatic rings. The summed E-state index contributed by atoms with van der Waals surface area (Å²) in [7, 11) is 0. The lowest BCUT2D eigenvalue weighted by Crippen LogP contribution is -1.85. The van der Waals surface area contributed by atoms with Crippen molar-refractivity contribution in [2.24, 2.45) is 0 Å². The van der Waals surface area contributed by atoms with Gasteiger partial charge >= 0.3 is 0 Å². The quantitative estimate of drug-likeness (QED) is 0.765. The highest BCUT2D eigenvalue weighted by Crippen LogP contribution is 2.26. The molecule has 0 aliphatic carbocycles. The molecule has 96 valence electrons. The third-order valence-corrected chi connectivity index (χ3v) is 4.26. The first kappa shape index (κ1) is 14.3. The Kier molecular flexibility index (Phi) is 5.15. The van der Waals surface area contributed by atoms with Crippen molar-refractivity contribution in [2.75, 3.05) is 0 Å². The first-order valence-corrected chi connectivity index (χ1v) is 7.61. The Labute approximate surface area is 127 Å². The highest BCUT2D eigenvalue weighted by Gasteiger charge is 2.02. The maximum Gasteiger partial charge on any atom is 0.0991 e. The summed E-state index contributed by atoms with van der Waals surface area (Å²) in [6, 6.07) is 15.3. The van der Waals surface area contributed by atoms with Gasteiger partial charge in [0.15, 0.2) is 0 Å². The first-order chi connectivity index (χ1) is 9.19. The Hall–Kier alpha value is -1.14. The highest BCUT2D eigenvalue weighted by atomic mass is 35.5. The molecule has 1 nitrogen and oxygen atoms in total. The lowest BCUT2D eigenvalue weighted by molar-refractivity contribution is 1.36. The van der Waals surface area contributed by atoms with Crippen LogP contribution in [-0.4, -0.2) is 0 Å². The van der Waals surface area contributed by atoms with E-state index in [1.807, 2.05) is 36.4 Å². The molecule has 0 spiro atoms. The van der Waals surface area contributed by atoms with Gasteiger partial charge < -0.3 is 0 Å². The molecule has 2 rings (SSSR count). The van der Waals surface area contributed by atoms with Crippen molar-refractivity contribution in [3.05, 3.63) is 69.2 Å². The van der Waals surface area contributed by atoms with Crippen molar-refractivity contribution in [3.8, 4) is 6.07 Å². The van der Waals surface area contributed by atoms with E-state index in [9.17, 15) is 0 Å². The molecule has 0 aliphatic heterocycles. The van der Waals surface area contributed by atoms with Crippen LogP contribution < -0.4 is 0 Å². The summed E-state index contributed by atoms with van der Waals surface area (Å²) in [6.45, 7) is 0. The molecule has 0 aromatic heterocycles. The predicted molar refractivity (Wildman–Crippen MR) is 82.6 cm³/mol. The summed E-state index contributed by atoms with van der Waals surface area (Å²) in [5.41, 5.74) is 2.98. The summed E-state index contributed by atoms with van der Waals surface area (Å²) in [5, 5.41) is 10.1. The second-order valence-electron chi connectivity index (χ2n) is 4.04. The summed E-state index contributed by atoms with van der Waals surface area (Å²) >= 11 is 13.8. The van der Waals surface area contributed by atoms with Gasteiger partial charge in [-0.3, -0.25) is 0 Å². The smallest absolute Gasteiger partial charge is 0.0991 e. The third kappa shape index (κ3) is 4.18. The molecule has 0 unspecified atom stereocenters. The molecule has 0 saturated heterocycles. The third-order valence-electron chi connectivity index (χ3n) is 2.62. The van der Waals surface area contributed by atoms with Crippen LogP contribution in [0.2, 0.25) is 10.0 Å². The van der Waals surface area contributed by atoms with Crippen LogP contribution in [0, 0.1) is 11.3 Å². The van der Waals surface area contributed by atoms with Crippen molar-refractivity contribution < 1.29 is 0 Å². The predicted octanol–water partition coefficient (Wildman–Crippen LogP) is 5.30. The number of hydrogen-bond acceptors (Lipinski definition) is 2. The fourth-order valence-corrected chi connectivity index (χ4v) is 3.15. The SMILES string of the molecule is N#Cc1ccc(CSCc2ccc(Cl)cc2Cl)cc1. The molecule has 4 heteroatoms. The van der Waals surface area contributed by atoms with Crippen molar-refractivity contribution in [1.29, 1.82) is 5.26 Å². The molecule has 0 saturated carbocycles. The van der Waals surface area contributed by atoms with Gasteiger partial charge in [0, 0.05) is 21.6 Å². The Morgan fingerprint density at radius 2 is 1.74 bits per heavy atom. The fraction of sp³-hybridized carbons (Fsp3) is 0.133. The zero-order valence-electron chi connectivity index (χ0n) is 10.1. The van der Waals surface area contributed by atoms with Gasteiger partial charge in [-0.05, 0) is 35.4 Å². The minimum absolute atomic E-state index is 0.658. The van der Waals surface area contributed by atoms with Crippen LogP contribution in [0.15, 0.2) is 42.5 Å². The van der Waals surface area contributed by atoms with Crippen LogP contribution in [0.5, 0.6) is 0 Å². The van der Waals surface area contributed by atoms with Gasteiger partial charge in [0.1, 0.15) is 0 Å². The summed E-state index contributed by atoms with van der Waals surface area (Å²) in [6.07, 6.45) is 0. The molecule has 0 N–H and O–H groups in total. The molecule has 19 heavy (non-hydrogen) atoms. The molecular weight excluding hydrogens is 297 g/mol. The molecule has 2 aromatic carbocycles. The molecule has 0 radical (unpaired) electrons. The van der Waals surface area contributed by atoms with Crippen molar-refractivity contribution in [2.45, 2.75) is 11.5 Å². The Morgan fingerprint density at radius 1 is 1.00 bits per heavy atom. The van der Waals surface area contributed by atoms with Crippen LogP contribution in [0.3, 0.4) is 0 Å². The van der Waals surface area contributed by atoms with Gasteiger partial charge in [-0.15, -0.1) is 0 Å². The van der Waals surface area contributed by atoms with E-state index < -0.39 is 0 Å². The van der Waals surface area contributed by atoms with Crippen molar-refractivity contribution >= 4 is 35.0 Å². The normalized spacial score (nSPS) is 10.2. The molecule has 2 aromatic rings. The van der Waals surface area contributed by atoms with Gasteiger partial charge in [-0.1, -0.05) is 41.4 Å². The number of benzene rings is 2. The number of nitriles is 1. The average molecular weight is 308 g/mol. The number of rotatable bonds is 4. The molecule has 0 amide bonds.